The van der Waals surface area contributed by atoms with Crippen LogP contribution in [-0.2, 0) is 25.9 Å². The summed E-state index contributed by atoms with van der Waals surface area (Å²) in [5.74, 6) is 0. The molecular formula is C7H13OW+. The first kappa shape index (κ1) is 12.1. The van der Waals surface area contributed by atoms with Crippen LogP contribution in [0.4, 0.5) is 0 Å². The van der Waals surface area contributed by atoms with Gasteiger partial charge in [0.25, 0.3) is 0 Å². The zero-order valence-corrected chi connectivity index (χ0v) is 8.79. The van der Waals surface area contributed by atoms with Gasteiger partial charge in [-0.2, -0.15) is 6.42 Å². The summed E-state index contributed by atoms with van der Waals surface area (Å²) in [7, 11) is 0. The molecule has 0 aliphatic carbocycles. The molecule has 9 heavy (non-hydrogen) atoms. The fourth-order valence-corrected chi connectivity index (χ4v) is 0.624. The van der Waals surface area contributed by atoms with Crippen LogP contribution in [0.5, 0.6) is 0 Å². The van der Waals surface area contributed by atoms with E-state index in [4.69, 9.17) is 0 Å². The van der Waals surface area contributed by atoms with E-state index in [1.807, 2.05) is 6.29 Å². The van der Waals surface area contributed by atoms with Crippen LogP contribution >= 0.6 is 0 Å². The van der Waals surface area contributed by atoms with Crippen molar-refractivity contribution >= 4 is 6.29 Å². The van der Waals surface area contributed by atoms with Crippen molar-refractivity contribution in [2.24, 2.45) is 0 Å². The SMILES string of the molecule is CCCCCC[C-]=O.[W+2]. The molecule has 0 unspecified atom stereocenters. The summed E-state index contributed by atoms with van der Waals surface area (Å²) in [6, 6.07) is 0. The third-order valence-electron chi connectivity index (χ3n) is 1.13. The Balaban J connectivity index is 0. The minimum atomic E-state index is 0. The maximum absolute atomic E-state index is 9.64. The molecule has 0 heterocycles. The Bertz CT molecular complexity index is 54.9. The largest absolute Gasteiger partial charge is 2.00 e. The Labute approximate surface area is 71.5 Å². The van der Waals surface area contributed by atoms with Crippen LogP contribution in [0.2, 0.25) is 0 Å². The predicted molar refractivity (Wildman–Crippen MR) is 34.5 cm³/mol. The molecule has 0 bridgehead atoms. The summed E-state index contributed by atoms with van der Waals surface area (Å²) >= 11 is 0. The molecule has 0 N–H and O–H groups in total. The van der Waals surface area contributed by atoms with E-state index in [0.717, 1.165) is 6.42 Å². The second-order valence-electron chi connectivity index (χ2n) is 1.95. The number of hydrogen-bond acceptors (Lipinski definition) is 1. The smallest absolute Gasteiger partial charge is 0.542 e. The Kier molecular flexibility index (Phi) is 15.0. The Morgan fingerprint density at radius 1 is 1.22 bits per heavy atom. The summed E-state index contributed by atoms with van der Waals surface area (Å²) < 4.78 is 0. The van der Waals surface area contributed by atoms with Gasteiger partial charge in [-0.05, 0) is 0 Å². The zero-order chi connectivity index (χ0) is 6.24. The first-order valence-electron chi connectivity index (χ1n) is 3.26. The normalized spacial score (nSPS) is 8.11. The number of rotatable bonds is 5. The number of unbranched alkanes of at least 4 members (excludes halogenated alkanes) is 4. The Hall–Kier alpha value is 0.358. The van der Waals surface area contributed by atoms with Gasteiger partial charge < -0.3 is 4.79 Å². The zero-order valence-electron chi connectivity index (χ0n) is 5.85. The molecule has 0 aliphatic heterocycles. The first-order valence-corrected chi connectivity index (χ1v) is 3.26. The van der Waals surface area contributed by atoms with Crippen LogP contribution < -0.4 is 0 Å². The molecule has 52 valence electrons. The van der Waals surface area contributed by atoms with E-state index in [1.165, 1.54) is 19.3 Å². The number of hydrogen-bond donors (Lipinski definition) is 0. The van der Waals surface area contributed by atoms with Crippen LogP contribution in [0, 0.1) is 0 Å². The van der Waals surface area contributed by atoms with Crippen molar-refractivity contribution in [3.05, 3.63) is 0 Å². The molecule has 0 spiro atoms. The second kappa shape index (κ2) is 11.2. The summed E-state index contributed by atoms with van der Waals surface area (Å²) in [5, 5.41) is 0. The molecule has 0 aliphatic rings. The van der Waals surface area contributed by atoms with Gasteiger partial charge in [-0.3, -0.25) is 6.29 Å². The molecule has 0 amide bonds. The average molecular weight is 297 g/mol. The molecule has 1 nitrogen and oxygen atoms in total. The van der Waals surface area contributed by atoms with Crippen molar-refractivity contribution in [3.63, 3.8) is 0 Å². The van der Waals surface area contributed by atoms with E-state index in [9.17, 15) is 4.79 Å². The standard InChI is InChI=1S/C7H13O.W/c1-2-3-4-5-6-7-8;/h2-6H2,1H3;/q-1;+2. The summed E-state index contributed by atoms with van der Waals surface area (Å²) in [5.41, 5.74) is 0. The fourth-order valence-electron chi connectivity index (χ4n) is 0.624. The molecule has 0 atom stereocenters. The molecular weight excluding hydrogens is 284 g/mol. The van der Waals surface area contributed by atoms with Crippen molar-refractivity contribution in [2.75, 3.05) is 0 Å². The quantitative estimate of drug-likeness (QED) is 0.561. The Morgan fingerprint density at radius 2 is 1.89 bits per heavy atom. The molecule has 2 heteroatoms. The van der Waals surface area contributed by atoms with Crippen molar-refractivity contribution in [1.29, 1.82) is 0 Å². The fraction of sp³-hybridized carbons (Fsp3) is 0.857. The summed E-state index contributed by atoms with van der Waals surface area (Å²) in [6.07, 6.45) is 7.20. The third kappa shape index (κ3) is 11.8. The van der Waals surface area contributed by atoms with Gasteiger partial charge >= 0.3 is 21.1 Å². The van der Waals surface area contributed by atoms with Crippen LogP contribution in [0.25, 0.3) is 0 Å². The van der Waals surface area contributed by atoms with E-state index in [0.29, 0.717) is 6.42 Å². The monoisotopic (exact) mass is 297 g/mol. The summed E-state index contributed by atoms with van der Waals surface area (Å²) in [6.45, 7) is 2.16. The minimum absolute atomic E-state index is 0. The predicted octanol–water partition coefficient (Wildman–Crippen LogP) is 2.06. The topological polar surface area (TPSA) is 17.1 Å². The maximum Gasteiger partial charge on any atom is 2.00 e. The van der Waals surface area contributed by atoms with Gasteiger partial charge in [0.1, 0.15) is 0 Å². The average Bonchev–Trinajstić information content (AvgIpc) is 1.81. The van der Waals surface area contributed by atoms with Gasteiger partial charge in [-0.15, -0.1) is 0 Å². The van der Waals surface area contributed by atoms with Gasteiger partial charge in [0.2, 0.25) is 0 Å². The van der Waals surface area contributed by atoms with E-state index in [-0.39, 0.29) is 21.1 Å². The van der Waals surface area contributed by atoms with Crippen LogP contribution in [-0.4, -0.2) is 6.29 Å². The van der Waals surface area contributed by atoms with Gasteiger partial charge in [-0.1, -0.05) is 32.6 Å². The molecule has 0 fully saturated rings. The van der Waals surface area contributed by atoms with E-state index in [1.54, 1.807) is 0 Å². The van der Waals surface area contributed by atoms with Gasteiger partial charge in [-0.25, -0.2) is 0 Å². The van der Waals surface area contributed by atoms with Crippen LogP contribution in [0.1, 0.15) is 39.0 Å². The van der Waals surface area contributed by atoms with Gasteiger partial charge in [0, 0.05) is 0 Å². The van der Waals surface area contributed by atoms with Crippen LogP contribution in [0.15, 0.2) is 0 Å². The second-order valence-corrected chi connectivity index (χ2v) is 1.95. The first-order chi connectivity index (χ1) is 3.91. The van der Waals surface area contributed by atoms with Crippen molar-refractivity contribution in [3.8, 4) is 0 Å². The molecule has 0 saturated heterocycles. The van der Waals surface area contributed by atoms with E-state index < -0.39 is 0 Å². The van der Waals surface area contributed by atoms with Gasteiger partial charge in [0.15, 0.2) is 0 Å². The third-order valence-corrected chi connectivity index (χ3v) is 1.13. The molecule has 0 aromatic heterocycles. The minimum Gasteiger partial charge on any atom is -0.542 e. The Morgan fingerprint density at radius 3 is 2.33 bits per heavy atom. The van der Waals surface area contributed by atoms with Crippen molar-refractivity contribution < 1.29 is 25.9 Å². The molecule has 0 radical (unpaired) electrons. The van der Waals surface area contributed by atoms with Crippen molar-refractivity contribution in [2.45, 2.75) is 39.0 Å². The number of carbonyl (C=O) groups excluding carboxylic acids is 1. The molecule has 0 saturated carbocycles. The van der Waals surface area contributed by atoms with Crippen molar-refractivity contribution in [1.82, 2.24) is 0 Å². The van der Waals surface area contributed by atoms with E-state index >= 15 is 0 Å². The van der Waals surface area contributed by atoms with Gasteiger partial charge in [0.05, 0.1) is 0 Å². The molecule has 0 rings (SSSR count). The molecule has 0 aromatic carbocycles. The molecule has 0 aromatic rings. The van der Waals surface area contributed by atoms with E-state index in [2.05, 4.69) is 6.92 Å². The van der Waals surface area contributed by atoms with Crippen LogP contribution in [0.3, 0.4) is 0 Å². The summed E-state index contributed by atoms with van der Waals surface area (Å²) in [4.78, 5) is 9.64. The maximum atomic E-state index is 9.64.